The van der Waals surface area contributed by atoms with E-state index >= 15 is 0 Å². The molecule has 11 heteroatoms. The first-order valence-electron chi connectivity index (χ1n) is 15.2. The average molecular weight is 618 g/mol. The number of amides is 1. The molecule has 44 heavy (non-hydrogen) atoms. The summed E-state index contributed by atoms with van der Waals surface area (Å²) in [5.41, 5.74) is 3.13. The molecule has 1 amide bonds. The maximum Gasteiger partial charge on any atom is 0.318 e. The van der Waals surface area contributed by atoms with Crippen LogP contribution >= 0.6 is 11.6 Å². The topological polar surface area (TPSA) is 88.8 Å². The second-order valence-electron chi connectivity index (χ2n) is 11.9. The number of ether oxygens (including phenoxy) is 1. The number of hydrogen-bond acceptors (Lipinski definition) is 8. The van der Waals surface area contributed by atoms with Crippen molar-refractivity contribution in [1.29, 1.82) is 5.26 Å². The molecule has 0 radical (unpaired) electrons. The first-order valence-corrected chi connectivity index (χ1v) is 15.6. The molecule has 9 nitrogen and oxygen atoms in total. The zero-order valence-corrected chi connectivity index (χ0v) is 25.8. The van der Waals surface area contributed by atoms with E-state index in [0.717, 1.165) is 71.8 Å². The largest absolute Gasteiger partial charge is 0.462 e. The molecular weight excluding hydrogens is 581 g/mol. The van der Waals surface area contributed by atoms with E-state index in [2.05, 4.69) is 58.7 Å². The van der Waals surface area contributed by atoms with Gasteiger partial charge in [-0.3, -0.25) is 9.69 Å². The molecule has 3 aromatic rings. The number of carbonyl (C=O) groups is 1. The number of aromatic nitrogens is 2. The van der Waals surface area contributed by atoms with E-state index in [0.29, 0.717) is 38.3 Å². The van der Waals surface area contributed by atoms with Crippen molar-refractivity contribution in [3.63, 3.8) is 0 Å². The molecule has 0 N–H and O–H groups in total. The molecule has 3 aliphatic heterocycles. The van der Waals surface area contributed by atoms with E-state index in [1.165, 1.54) is 10.5 Å². The van der Waals surface area contributed by atoms with Crippen molar-refractivity contribution in [1.82, 2.24) is 24.7 Å². The van der Waals surface area contributed by atoms with Crippen LogP contribution in [0, 0.1) is 11.3 Å². The fourth-order valence-corrected chi connectivity index (χ4v) is 7.06. The monoisotopic (exact) mass is 617 g/mol. The summed E-state index contributed by atoms with van der Waals surface area (Å²) < 4.78 is 20.0. The van der Waals surface area contributed by atoms with Gasteiger partial charge in [-0.05, 0) is 49.9 Å². The van der Waals surface area contributed by atoms with E-state index < -0.39 is 17.8 Å². The van der Waals surface area contributed by atoms with Crippen molar-refractivity contribution in [2.75, 3.05) is 51.3 Å². The molecule has 3 aliphatic rings. The average Bonchev–Trinajstić information content (AvgIpc) is 3.43. The van der Waals surface area contributed by atoms with Crippen LogP contribution in [0.25, 0.3) is 10.8 Å². The highest BCUT2D eigenvalue weighted by Crippen LogP contribution is 2.33. The van der Waals surface area contributed by atoms with Gasteiger partial charge >= 0.3 is 6.01 Å². The third kappa shape index (κ3) is 6.23. The fraction of sp³-hybridized carbons (Fsp3) is 0.455. The van der Waals surface area contributed by atoms with Crippen LogP contribution in [-0.4, -0.2) is 89.0 Å². The normalized spacial score (nSPS) is 20.9. The Morgan fingerprint density at radius 3 is 2.73 bits per heavy atom. The van der Waals surface area contributed by atoms with Crippen molar-refractivity contribution < 1.29 is 13.9 Å². The number of likely N-dealkylation sites (N-methyl/N-ethyl adjacent to an activating group) is 1. The van der Waals surface area contributed by atoms with Crippen LogP contribution in [0.2, 0.25) is 5.02 Å². The van der Waals surface area contributed by atoms with Gasteiger partial charge in [0.2, 0.25) is 0 Å². The van der Waals surface area contributed by atoms with Gasteiger partial charge in [-0.25, -0.2) is 4.39 Å². The first kappa shape index (κ1) is 30.3. The summed E-state index contributed by atoms with van der Waals surface area (Å²) in [6.45, 7) is 7.96. The van der Waals surface area contributed by atoms with Gasteiger partial charge < -0.3 is 19.4 Å². The Labute approximate surface area is 262 Å². The van der Waals surface area contributed by atoms with Gasteiger partial charge in [0.05, 0.1) is 24.2 Å². The number of carbonyl (C=O) groups excluding carboxylic acids is 1. The lowest BCUT2D eigenvalue weighted by molar-refractivity contribution is -0.131. The number of rotatable bonds is 8. The third-order valence-corrected chi connectivity index (χ3v) is 9.43. The molecule has 0 aliphatic carbocycles. The van der Waals surface area contributed by atoms with E-state index in [-0.39, 0.29) is 13.0 Å². The first-order chi connectivity index (χ1) is 21.3. The maximum absolute atomic E-state index is 13.8. The maximum atomic E-state index is 13.8. The molecule has 2 saturated heterocycles. The molecule has 0 bridgehead atoms. The van der Waals surface area contributed by atoms with Gasteiger partial charge in [-0.2, -0.15) is 15.2 Å². The standard InChI is InChI=1S/C33H37ClFN7O2/c1-22(35)32(43)42-17-16-41(19-25(42)11-13-36)31-27-12-15-40(18-24-8-3-6-23-7-4-10-28(34)30(23)24)20-29(27)37-33(38-31)44-21-26-9-5-14-39(26)2/h3-4,6-8,10,25-26H,1,5,9,11-12,14-21H2,2H3/t25-,26-/m0/s1. The van der Waals surface area contributed by atoms with Crippen LogP contribution < -0.4 is 9.64 Å². The number of piperazine rings is 1. The van der Waals surface area contributed by atoms with Gasteiger partial charge in [-0.15, -0.1) is 0 Å². The van der Waals surface area contributed by atoms with Crippen molar-refractivity contribution in [2.45, 2.75) is 50.9 Å². The van der Waals surface area contributed by atoms with Crippen LogP contribution in [-0.2, 0) is 24.3 Å². The van der Waals surface area contributed by atoms with Gasteiger partial charge in [0.1, 0.15) is 12.4 Å². The minimum Gasteiger partial charge on any atom is -0.462 e. The minimum absolute atomic E-state index is 0.0849. The number of likely N-dealkylation sites (tertiary alicyclic amines) is 1. The van der Waals surface area contributed by atoms with Crippen molar-refractivity contribution in [2.24, 2.45) is 0 Å². The Morgan fingerprint density at radius 1 is 1.16 bits per heavy atom. The quantitative estimate of drug-likeness (QED) is 0.335. The summed E-state index contributed by atoms with van der Waals surface area (Å²) >= 11 is 6.63. The zero-order chi connectivity index (χ0) is 30.8. The summed E-state index contributed by atoms with van der Waals surface area (Å²) in [4.78, 5) is 30.5. The lowest BCUT2D eigenvalue weighted by atomic mass is 10.0. The third-order valence-electron chi connectivity index (χ3n) is 9.11. The fourth-order valence-electron chi connectivity index (χ4n) is 6.76. The highest BCUT2D eigenvalue weighted by molar-refractivity contribution is 6.35. The predicted octanol–water partition coefficient (Wildman–Crippen LogP) is 4.73. The number of nitrogens with zero attached hydrogens (tertiary/aromatic N) is 7. The Morgan fingerprint density at radius 2 is 1.98 bits per heavy atom. The molecule has 0 spiro atoms. The summed E-state index contributed by atoms with van der Waals surface area (Å²) in [6, 6.07) is 14.6. The van der Waals surface area contributed by atoms with Crippen LogP contribution in [0.5, 0.6) is 6.01 Å². The number of benzene rings is 2. The molecule has 2 aromatic carbocycles. The molecule has 2 atom stereocenters. The van der Waals surface area contributed by atoms with Crippen molar-refractivity contribution >= 4 is 34.1 Å². The van der Waals surface area contributed by atoms with Crippen LogP contribution in [0.4, 0.5) is 10.2 Å². The highest BCUT2D eigenvalue weighted by Gasteiger charge is 2.35. The van der Waals surface area contributed by atoms with E-state index in [4.69, 9.17) is 26.3 Å². The lowest BCUT2D eigenvalue weighted by Gasteiger charge is -2.42. The van der Waals surface area contributed by atoms with Gasteiger partial charge in [0.15, 0.2) is 5.83 Å². The molecule has 6 rings (SSSR count). The van der Waals surface area contributed by atoms with Crippen molar-refractivity contribution in [3.05, 3.63) is 70.6 Å². The zero-order valence-electron chi connectivity index (χ0n) is 25.0. The molecule has 0 saturated carbocycles. The number of halogens is 2. The Bertz CT molecular complexity index is 1610. The summed E-state index contributed by atoms with van der Waals surface area (Å²) in [7, 11) is 2.11. The van der Waals surface area contributed by atoms with E-state index in [1.807, 2.05) is 12.1 Å². The molecule has 230 valence electrons. The van der Waals surface area contributed by atoms with E-state index in [1.54, 1.807) is 0 Å². The summed E-state index contributed by atoms with van der Waals surface area (Å²) in [5.74, 6) is -1.00. The SMILES string of the molecule is C=C(F)C(=O)N1CCN(c2nc(OC[C@@H]3CCCN3C)nc3c2CCN(Cc2cccc4cccc(Cl)c24)C3)C[C@@H]1CC#N. The smallest absolute Gasteiger partial charge is 0.318 e. The molecule has 2 fully saturated rings. The summed E-state index contributed by atoms with van der Waals surface area (Å²) in [6.07, 6.45) is 3.03. The summed E-state index contributed by atoms with van der Waals surface area (Å²) in [5, 5.41) is 12.4. The van der Waals surface area contributed by atoms with Crippen LogP contribution in [0.1, 0.15) is 36.1 Å². The predicted molar refractivity (Wildman–Crippen MR) is 168 cm³/mol. The Hall–Kier alpha value is -3.78. The number of anilines is 1. The second kappa shape index (κ2) is 13.1. The van der Waals surface area contributed by atoms with Gasteiger partial charge in [0, 0.05) is 61.3 Å². The van der Waals surface area contributed by atoms with Crippen molar-refractivity contribution in [3.8, 4) is 12.1 Å². The molecular formula is C33H37ClFN7O2. The number of fused-ring (bicyclic) bond motifs is 2. The highest BCUT2D eigenvalue weighted by atomic mass is 35.5. The number of nitriles is 1. The Kier molecular flexibility index (Phi) is 8.98. The van der Waals surface area contributed by atoms with E-state index in [9.17, 15) is 14.4 Å². The molecule has 4 heterocycles. The molecule has 0 unspecified atom stereocenters. The van der Waals surface area contributed by atoms with Crippen LogP contribution in [0.3, 0.4) is 0 Å². The number of hydrogen-bond donors (Lipinski definition) is 0. The second-order valence-corrected chi connectivity index (χ2v) is 12.3. The lowest BCUT2D eigenvalue weighted by Crippen LogP contribution is -2.55. The Balaban J connectivity index is 1.29. The van der Waals surface area contributed by atoms with Crippen LogP contribution in [0.15, 0.2) is 48.8 Å². The minimum atomic E-state index is -1.01. The van der Waals surface area contributed by atoms with Gasteiger partial charge in [-0.1, -0.05) is 48.5 Å². The van der Waals surface area contributed by atoms with Gasteiger partial charge in [0.25, 0.3) is 5.91 Å². The molecule has 1 aromatic heterocycles.